The largest absolute Gasteiger partial charge is 0.463 e. The number of hydrogen-bond donors (Lipinski definition) is 1. The van der Waals surface area contributed by atoms with Gasteiger partial charge in [0.1, 0.15) is 13.2 Å². The van der Waals surface area contributed by atoms with E-state index in [2.05, 4.69) is 0 Å². The minimum Gasteiger partial charge on any atom is -0.463 e. The molecule has 0 bridgehead atoms. The van der Waals surface area contributed by atoms with Gasteiger partial charge >= 0.3 is 23.9 Å². The third-order valence-corrected chi connectivity index (χ3v) is 6.50. The number of carbonyl (C=O) groups excluding carboxylic acids is 6. The van der Waals surface area contributed by atoms with Gasteiger partial charge in [-0.05, 0) is 52.9 Å². The van der Waals surface area contributed by atoms with Crippen LogP contribution in [0.2, 0.25) is 0 Å². The molecule has 0 aromatic carbocycles. The fourth-order valence-electron chi connectivity index (χ4n) is 4.43. The van der Waals surface area contributed by atoms with E-state index in [1.54, 1.807) is 41.5 Å². The number of carbonyl (C=O) groups is 6. The summed E-state index contributed by atoms with van der Waals surface area (Å²) in [5.74, 6) is -4.11. The van der Waals surface area contributed by atoms with E-state index in [0.29, 0.717) is 11.5 Å². The van der Waals surface area contributed by atoms with Crippen molar-refractivity contribution in [1.29, 1.82) is 0 Å². The second kappa shape index (κ2) is 16.7. The highest BCUT2D eigenvalue weighted by atomic mass is 16.7. The zero-order valence-corrected chi connectivity index (χ0v) is 27.6. The fourth-order valence-corrected chi connectivity index (χ4v) is 4.43. The van der Waals surface area contributed by atoms with Crippen LogP contribution in [0, 0.1) is 11.8 Å². The van der Waals surface area contributed by atoms with Crippen LogP contribution in [0.3, 0.4) is 0 Å². The van der Waals surface area contributed by atoms with E-state index in [9.17, 15) is 33.9 Å². The Morgan fingerprint density at radius 3 is 1.77 bits per heavy atom. The number of hydroxylamine groups is 4. The standard InChI is InChI=1S/C30H50N2O12/c1-10-11-22(33)31(9)42-26(37)16-20(2)14-24(35)40-18-28(4,5)44-29(6,7)19-41-25(36)15-21(3)17-27(38)43-32-23(34)12-13-30(32,8)39/h20-21,39H,10-19H2,1-9H3. The van der Waals surface area contributed by atoms with Crippen molar-refractivity contribution >= 4 is 35.7 Å². The van der Waals surface area contributed by atoms with Gasteiger partial charge in [0.05, 0.1) is 24.0 Å². The van der Waals surface area contributed by atoms with Crippen LogP contribution in [-0.4, -0.2) is 88.1 Å². The molecule has 1 N–H and O–H groups in total. The van der Waals surface area contributed by atoms with Gasteiger partial charge in [0.15, 0.2) is 5.72 Å². The Kier molecular flexibility index (Phi) is 14.7. The van der Waals surface area contributed by atoms with E-state index in [1.807, 2.05) is 6.92 Å². The van der Waals surface area contributed by atoms with Crippen LogP contribution >= 0.6 is 0 Å². The Bertz CT molecular complexity index is 1040. The number of aliphatic hydroxyl groups is 1. The van der Waals surface area contributed by atoms with Gasteiger partial charge < -0.3 is 29.0 Å². The number of nitrogens with zero attached hydrogens (tertiary/aromatic N) is 2. The van der Waals surface area contributed by atoms with E-state index in [4.69, 9.17) is 23.9 Å². The summed E-state index contributed by atoms with van der Waals surface area (Å²) in [6.45, 7) is 13.2. The smallest absolute Gasteiger partial charge is 0.332 e. The summed E-state index contributed by atoms with van der Waals surface area (Å²) in [6, 6.07) is 0. The minimum absolute atomic E-state index is 0.0435. The molecule has 14 heteroatoms. The monoisotopic (exact) mass is 630 g/mol. The second-order valence-corrected chi connectivity index (χ2v) is 12.9. The zero-order valence-electron chi connectivity index (χ0n) is 27.6. The molecule has 1 heterocycles. The third-order valence-electron chi connectivity index (χ3n) is 6.50. The lowest BCUT2D eigenvalue weighted by Gasteiger charge is -2.35. The highest BCUT2D eigenvalue weighted by Gasteiger charge is 2.43. The average molecular weight is 631 g/mol. The first kappa shape index (κ1) is 38.8. The summed E-state index contributed by atoms with van der Waals surface area (Å²) < 4.78 is 16.8. The molecule has 252 valence electrons. The van der Waals surface area contributed by atoms with Gasteiger partial charge in [0.2, 0.25) is 0 Å². The van der Waals surface area contributed by atoms with Gasteiger partial charge in [-0.2, -0.15) is 5.06 Å². The van der Waals surface area contributed by atoms with Gasteiger partial charge in [-0.1, -0.05) is 20.8 Å². The number of amides is 2. The minimum atomic E-state index is -1.56. The second-order valence-electron chi connectivity index (χ2n) is 12.9. The van der Waals surface area contributed by atoms with Crippen molar-refractivity contribution in [2.75, 3.05) is 20.3 Å². The third kappa shape index (κ3) is 14.5. The Balaban J connectivity index is 2.41. The summed E-state index contributed by atoms with van der Waals surface area (Å²) in [4.78, 5) is 82.7. The molecule has 0 aromatic heterocycles. The van der Waals surface area contributed by atoms with Crippen LogP contribution < -0.4 is 0 Å². The Hall–Kier alpha value is -3.26. The van der Waals surface area contributed by atoms with E-state index in [0.717, 1.165) is 5.06 Å². The first-order chi connectivity index (χ1) is 20.2. The number of hydrogen-bond acceptors (Lipinski definition) is 12. The van der Waals surface area contributed by atoms with Gasteiger partial charge in [-0.3, -0.25) is 19.2 Å². The van der Waals surface area contributed by atoms with Crippen molar-refractivity contribution in [3.8, 4) is 0 Å². The normalized spacial score (nSPS) is 18.3. The van der Waals surface area contributed by atoms with Gasteiger partial charge in [-0.25, -0.2) is 9.59 Å². The molecular weight excluding hydrogens is 580 g/mol. The molecule has 44 heavy (non-hydrogen) atoms. The molecule has 3 unspecified atom stereocenters. The van der Waals surface area contributed by atoms with E-state index < -0.39 is 52.6 Å². The molecular formula is C30H50N2O12. The van der Waals surface area contributed by atoms with Crippen LogP contribution in [0.25, 0.3) is 0 Å². The van der Waals surface area contributed by atoms with Crippen molar-refractivity contribution in [2.24, 2.45) is 11.8 Å². The number of esters is 2. The summed E-state index contributed by atoms with van der Waals surface area (Å²) in [6.07, 6.45) is 0.736. The molecule has 0 spiro atoms. The molecule has 1 fully saturated rings. The molecule has 1 aliphatic rings. The van der Waals surface area contributed by atoms with Crippen molar-refractivity contribution in [3.05, 3.63) is 0 Å². The molecule has 1 rings (SSSR count). The maximum atomic E-state index is 12.4. The van der Waals surface area contributed by atoms with Gasteiger partial charge in [-0.15, -0.1) is 5.06 Å². The van der Waals surface area contributed by atoms with E-state index in [1.165, 1.54) is 14.0 Å². The molecule has 0 aliphatic carbocycles. The quantitative estimate of drug-likeness (QED) is 0.184. The lowest BCUT2D eigenvalue weighted by molar-refractivity contribution is -0.249. The highest BCUT2D eigenvalue weighted by Crippen LogP contribution is 2.28. The average Bonchev–Trinajstić information content (AvgIpc) is 3.12. The van der Waals surface area contributed by atoms with E-state index >= 15 is 0 Å². The van der Waals surface area contributed by atoms with Crippen molar-refractivity contribution in [3.63, 3.8) is 0 Å². The molecule has 2 amide bonds. The summed E-state index contributed by atoms with van der Waals surface area (Å²) >= 11 is 0. The van der Waals surface area contributed by atoms with E-state index in [-0.39, 0.29) is 70.0 Å². The number of rotatable bonds is 17. The Morgan fingerprint density at radius 1 is 0.886 bits per heavy atom. The van der Waals surface area contributed by atoms with Crippen molar-refractivity contribution < 1.29 is 57.8 Å². The summed E-state index contributed by atoms with van der Waals surface area (Å²) in [5.41, 5.74) is -3.45. The first-order valence-electron chi connectivity index (χ1n) is 14.9. The van der Waals surface area contributed by atoms with Crippen LogP contribution in [0.4, 0.5) is 0 Å². The fraction of sp³-hybridized carbons (Fsp3) is 0.800. The lowest BCUT2D eigenvalue weighted by Crippen LogP contribution is -2.44. The van der Waals surface area contributed by atoms with Crippen LogP contribution in [0.15, 0.2) is 0 Å². The van der Waals surface area contributed by atoms with Crippen LogP contribution in [0.5, 0.6) is 0 Å². The SMILES string of the molecule is CCCC(=O)N(C)OC(=O)CC(C)CC(=O)OCC(C)(C)OC(C)(C)COC(=O)CC(C)CC(=O)ON1C(=O)CCC1(C)O. The topological polar surface area (TPSA) is 175 Å². The molecule has 0 aromatic rings. The Morgan fingerprint density at radius 2 is 1.34 bits per heavy atom. The molecule has 14 nitrogen and oxygen atoms in total. The summed E-state index contributed by atoms with van der Waals surface area (Å²) in [7, 11) is 1.37. The predicted octanol–water partition coefficient (Wildman–Crippen LogP) is 2.99. The van der Waals surface area contributed by atoms with Crippen molar-refractivity contribution in [1.82, 2.24) is 10.1 Å². The molecule has 0 saturated carbocycles. The first-order valence-corrected chi connectivity index (χ1v) is 14.9. The maximum Gasteiger partial charge on any atom is 0.332 e. The van der Waals surface area contributed by atoms with Gasteiger partial charge in [0, 0.05) is 39.2 Å². The maximum absolute atomic E-state index is 12.4. The summed E-state index contributed by atoms with van der Waals surface area (Å²) in [5, 5.41) is 11.7. The van der Waals surface area contributed by atoms with Crippen LogP contribution in [0.1, 0.15) is 107 Å². The number of ether oxygens (including phenoxy) is 3. The molecule has 1 saturated heterocycles. The molecule has 1 aliphatic heterocycles. The van der Waals surface area contributed by atoms with Gasteiger partial charge in [0.25, 0.3) is 11.8 Å². The molecule has 0 radical (unpaired) electrons. The van der Waals surface area contributed by atoms with Crippen molar-refractivity contribution in [2.45, 2.75) is 124 Å². The molecule has 3 atom stereocenters. The lowest BCUT2D eigenvalue weighted by atomic mass is 10.0. The Labute approximate surface area is 259 Å². The predicted molar refractivity (Wildman–Crippen MR) is 155 cm³/mol. The van der Waals surface area contributed by atoms with Crippen LogP contribution in [-0.2, 0) is 52.7 Å². The zero-order chi connectivity index (χ0) is 33.9. The highest BCUT2D eigenvalue weighted by molar-refractivity contribution is 5.81.